The van der Waals surface area contributed by atoms with Gasteiger partial charge in [0.2, 0.25) is 11.8 Å². The highest BCUT2D eigenvalue weighted by atomic mass is 16.3. The molecule has 2 amide bonds. The zero-order valence-electron chi connectivity index (χ0n) is 17.1. The fraction of sp³-hybridized carbons (Fsp3) is 0.273. The van der Waals surface area contributed by atoms with Crippen LogP contribution in [-0.2, 0) is 9.59 Å². The number of hydrogen-bond acceptors (Lipinski definition) is 6. The molecule has 0 saturated heterocycles. The Morgan fingerprint density at radius 2 is 1.03 bits per heavy atom. The van der Waals surface area contributed by atoms with E-state index in [1.54, 1.807) is 48.5 Å². The normalized spacial score (nSPS) is 11.8. The first-order valence-electron chi connectivity index (χ1n) is 9.72. The lowest BCUT2D eigenvalue weighted by molar-refractivity contribution is -0.126. The molecule has 0 saturated carbocycles. The molecule has 8 nitrogen and oxygen atoms in total. The number of nitrogens with one attached hydrogen (secondary N) is 2. The summed E-state index contributed by atoms with van der Waals surface area (Å²) >= 11 is 0. The lowest BCUT2D eigenvalue weighted by Gasteiger charge is -2.06. The van der Waals surface area contributed by atoms with Gasteiger partial charge in [0.05, 0.1) is 11.4 Å². The van der Waals surface area contributed by atoms with Crippen LogP contribution in [0.2, 0.25) is 0 Å². The van der Waals surface area contributed by atoms with Gasteiger partial charge in [-0.05, 0) is 72.5 Å². The third-order valence-corrected chi connectivity index (χ3v) is 4.28. The molecule has 2 aromatic carbocycles. The van der Waals surface area contributed by atoms with Crippen molar-refractivity contribution in [1.82, 2.24) is 10.9 Å². The molecular formula is C22H26N4O4. The monoisotopic (exact) mass is 410 g/mol. The molecule has 0 atom stereocenters. The standard InChI is InChI=1S/C22H26N4O4/c1-3-19(15-5-9-17(27)10-6-15)23-25-21(29)13-14-22(30)26-24-20(4-2)16-7-11-18(28)12-8-16/h5-12,27-28H,3-4,13-14H2,1-2H3,(H,25,29)(H,26,30). The number of hydrazone groups is 2. The maximum absolute atomic E-state index is 12.0. The predicted octanol–water partition coefficient (Wildman–Crippen LogP) is 3.04. The smallest absolute Gasteiger partial charge is 0.240 e. The number of carbonyl (C=O) groups is 2. The predicted molar refractivity (Wildman–Crippen MR) is 115 cm³/mol. The molecule has 2 rings (SSSR count). The topological polar surface area (TPSA) is 123 Å². The summed E-state index contributed by atoms with van der Waals surface area (Å²) in [4.78, 5) is 24.0. The molecule has 0 aliphatic heterocycles. The highest BCUT2D eigenvalue weighted by Crippen LogP contribution is 2.12. The van der Waals surface area contributed by atoms with Crippen LogP contribution in [0.4, 0.5) is 0 Å². The zero-order chi connectivity index (χ0) is 21.9. The second-order valence-corrected chi connectivity index (χ2v) is 6.49. The van der Waals surface area contributed by atoms with Crippen molar-refractivity contribution >= 4 is 23.2 Å². The molecule has 0 heterocycles. The van der Waals surface area contributed by atoms with Crippen molar-refractivity contribution < 1.29 is 19.8 Å². The average molecular weight is 410 g/mol. The summed E-state index contributed by atoms with van der Waals surface area (Å²) < 4.78 is 0. The van der Waals surface area contributed by atoms with Crippen LogP contribution in [0.3, 0.4) is 0 Å². The van der Waals surface area contributed by atoms with E-state index in [1.807, 2.05) is 13.8 Å². The summed E-state index contributed by atoms with van der Waals surface area (Å²) in [6.45, 7) is 3.81. The number of phenols is 2. The molecule has 0 unspecified atom stereocenters. The van der Waals surface area contributed by atoms with Crippen LogP contribution >= 0.6 is 0 Å². The molecular weight excluding hydrogens is 384 g/mol. The van der Waals surface area contributed by atoms with Crippen molar-refractivity contribution in [2.75, 3.05) is 0 Å². The van der Waals surface area contributed by atoms with Crippen molar-refractivity contribution in [3.05, 3.63) is 59.7 Å². The molecule has 0 bridgehead atoms. The molecule has 0 radical (unpaired) electrons. The summed E-state index contributed by atoms with van der Waals surface area (Å²) in [5.41, 5.74) is 7.83. The fourth-order valence-electron chi connectivity index (χ4n) is 2.60. The Morgan fingerprint density at radius 3 is 1.33 bits per heavy atom. The number of aromatic hydroxyl groups is 2. The van der Waals surface area contributed by atoms with Gasteiger partial charge in [0.15, 0.2) is 0 Å². The van der Waals surface area contributed by atoms with Gasteiger partial charge in [-0.1, -0.05) is 13.8 Å². The largest absolute Gasteiger partial charge is 0.508 e. The summed E-state index contributed by atoms with van der Waals surface area (Å²) in [7, 11) is 0. The summed E-state index contributed by atoms with van der Waals surface area (Å²) in [5.74, 6) is -0.451. The second-order valence-electron chi connectivity index (χ2n) is 6.49. The van der Waals surface area contributed by atoms with Crippen LogP contribution in [0.15, 0.2) is 58.7 Å². The highest BCUT2D eigenvalue weighted by Gasteiger charge is 2.08. The minimum Gasteiger partial charge on any atom is -0.508 e. The highest BCUT2D eigenvalue weighted by molar-refractivity contribution is 6.01. The van der Waals surface area contributed by atoms with Crippen LogP contribution in [0.5, 0.6) is 11.5 Å². The number of rotatable bonds is 9. The number of hydrogen-bond donors (Lipinski definition) is 4. The maximum Gasteiger partial charge on any atom is 0.240 e. The quantitative estimate of drug-likeness (QED) is 0.375. The molecule has 30 heavy (non-hydrogen) atoms. The lowest BCUT2D eigenvalue weighted by Crippen LogP contribution is -2.24. The minimum absolute atomic E-state index is 0.0297. The van der Waals surface area contributed by atoms with E-state index >= 15 is 0 Å². The van der Waals surface area contributed by atoms with Gasteiger partial charge >= 0.3 is 0 Å². The van der Waals surface area contributed by atoms with Crippen LogP contribution in [-0.4, -0.2) is 33.5 Å². The molecule has 158 valence electrons. The van der Waals surface area contributed by atoms with Crippen molar-refractivity contribution in [2.45, 2.75) is 39.5 Å². The Bertz CT molecular complexity index is 842. The van der Waals surface area contributed by atoms with Crippen LogP contribution in [0.25, 0.3) is 0 Å². The number of nitrogens with zero attached hydrogens (tertiary/aromatic N) is 2. The van der Waals surface area contributed by atoms with Gasteiger partial charge in [0.25, 0.3) is 0 Å². The molecule has 4 N–H and O–H groups in total. The average Bonchev–Trinajstić information content (AvgIpc) is 2.75. The Labute approximate surface area is 175 Å². The Kier molecular flexibility index (Phi) is 8.56. The number of phenolic OH excluding ortho intramolecular Hbond substituents is 2. The second kappa shape index (κ2) is 11.4. The van der Waals surface area contributed by atoms with E-state index < -0.39 is 0 Å². The van der Waals surface area contributed by atoms with E-state index in [0.29, 0.717) is 24.3 Å². The number of amides is 2. The SMILES string of the molecule is CCC(=NNC(=O)CCC(=O)NN=C(CC)c1ccc(O)cc1)c1ccc(O)cc1. The first kappa shape index (κ1) is 22.6. The molecule has 0 aromatic heterocycles. The molecule has 2 aromatic rings. The van der Waals surface area contributed by atoms with E-state index in [0.717, 1.165) is 11.1 Å². The van der Waals surface area contributed by atoms with E-state index in [-0.39, 0.29) is 36.2 Å². The minimum atomic E-state index is -0.381. The van der Waals surface area contributed by atoms with Crippen LogP contribution in [0, 0.1) is 0 Å². The van der Waals surface area contributed by atoms with Gasteiger partial charge in [-0.2, -0.15) is 10.2 Å². The van der Waals surface area contributed by atoms with Crippen molar-refractivity contribution in [1.29, 1.82) is 0 Å². The van der Waals surface area contributed by atoms with E-state index in [2.05, 4.69) is 21.1 Å². The summed E-state index contributed by atoms with van der Waals surface area (Å²) in [5, 5.41) is 26.9. The van der Waals surface area contributed by atoms with Gasteiger partial charge in [-0.3, -0.25) is 9.59 Å². The molecule has 0 aliphatic carbocycles. The zero-order valence-corrected chi connectivity index (χ0v) is 17.1. The Hall–Kier alpha value is -3.68. The van der Waals surface area contributed by atoms with Crippen LogP contribution in [0.1, 0.15) is 50.7 Å². The van der Waals surface area contributed by atoms with Gasteiger partial charge in [0.1, 0.15) is 11.5 Å². The van der Waals surface area contributed by atoms with E-state index in [1.165, 1.54) is 0 Å². The first-order valence-corrected chi connectivity index (χ1v) is 9.72. The Morgan fingerprint density at radius 1 is 0.700 bits per heavy atom. The first-order chi connectivity index (χ1) is 14.4. The lowest BCUT2D eigenvalue weighted by atomic mass is 10.1. The summed E-state index contributed by atoms with van der Waals surface area (Å²) in [6.07, 6.45) is 1.13. The van der Waals surface area contributed by atoms with Crippen molar-refractivity contribution in [3.63, 3.8) is 0 Å². The van der Waals surface area contributed by atoms with Crippen molar-refractivity contribution in [3.8, 4) is 11.5 Å². The maximum atomic E-state index is 12.0. The van der Waals surface area contributed by atoms with Crippen molar-refractivity contribution in [2.24, 2.45) is 10.2 Å². The van der Waals surface area contributed by atoms with E-state index in [9.17, 15) is 19.8 Å². The summed E-state index contributed by atoms with van der Waals surface area (Å²) in [6, 6.07) is 13.1. The van der Waals surface area contributed by atoms with E-state index in [4.69, 9.17) is 0 Å². The van der Waals surface area contributed by atoms with Gasteiger partial charge in [-0.25, -0.2) is 10.9 Å². The fourth-order valence-corrected chi connectivity index (χ4v) is 2.60. The van der Waals surface area contributed by atoms with Gasteiger partial charge in [0, 0.05) is 12.8 Å². The third kappa shape index (κ3) is 7.05. The van der Waals surface area contributed by atoms with Crippen LogP contribution < -0.4 is 10.9 Å². The van der Waals surface area contributed by atoms with Gasteiger partial charge in [-0.15, -0.1) is 0 Å². The molecule has 0 fully saturated rings. The third-order valence-electron chi connectivity index (χ3n) is 4.28. The Balaban J connectivity index is 1.85. The molecule has 0 spiro atoms. The number of benzene rings is 2. The molecule has 8 heteroatoms. The van der Waals surface area contributed by atoms with Gasteiger partial charge < -0.3 is 10.2 Å². The molecule has 0 aliphatic rings. The number of carbonyl (C=O) groups excluding carboxylic acids is 2.